The average Bonchev–Trinajstić information content (AvgIpc) is 2.73. The van der Waals surface area contributed by atoms with Crippen molar-refractivity contribution in [2.24, 2.45) is 0 Å². The number of benzene rings is 2. The summed E-state index contributed by atoms with van der Waals surface area (Å²) in [6.07, 6.45) is 1.36. The predicted molar refractivity (Wildman–Crippen MR) is 107 cm³/mol. The number of hydrogen-bond donors (Lipinski definition) is 2. The molecule has 0 spiro atoms. The van der Waals surface area contributed by atoms with Crippen molar-refractivity contribution < 1.29 is 24.2 Å². The maximum absolute atomic E-state index is 12.6. The molecule has 152 valence electrons. The van der Waals surface area contributed by atoms with Gasteiger partial charge < -0.3 is 20.1 Å². The van der Waals surface area contributed by atoms with E-state index in [1.54, 1.807) is 18.2 Å². The van der Waals surface area contributed by atoms with E-state index in [1.165, 1.54) is 6.07 Å². The summed E-state index contributed by atoms with van der Waals surface area (Å²) in [6.45, 7) is 2.69. The number of carboxylic acid groups (broad SMARTS) is 1. The summed E-state index contributed by atoms with van der Waals surface area (Å²) in [6, 6.07) is 13.9. The van der Waals surface area contributed by atoms with Crippen molar-refractivity contribution in [2.45, 2.75) is 25.8 Å². The molecule has 0 unspecified atom stereocenters. The van der Waals surface area contributed by atoms with Gasteiger partial charge in [-0.2, -0.15) is 0 Å². The van der Waals surface area contributed by atoms with E-state index in [1.807, 2.05) is 36.1 Å². The molecular formula is C22H24N2O5. The minimum atomic E-state index is -1.08. The molecule has 0 bridgehead atoms. The van der Waals surface area contributed by atoms with Crippen molar-refractivity contribution in [2.75, 3.05) is 19.7 Å². The first kappa shape index (κ1) is 20.4. The van der Waals surface area contributed by atoms with Crippen LogP contribution in [0.3, 0.4) is 0 Å². The smallest absolute Gasteiger partial charge is 0.341 e. The number of likely N-dealkylation sites (tertiary alicyclic amines) is 1. The molecule has 1 heterocycles. The Morgan fingerprint density at radius 2 is 1.76 bits per heavy atom. The maximum atomic E-state index is 12.6. The second kappa shape index (κ2) is 9.23. The molecule has 2 N–H and O–H groups in total. The minimum Gasteiger partial charge on any atom is -0.482 e. The fraction of sp³-hybridized carbons (Fsp3) is 0.318. The first-order chi connectivity index (χ1) is 13.9. The molecule has 2 aromatic carbocycles. The lowest BCUT2D eigenvalue weighted by atomic mass is 10.0. The number of nitrogens with one attached hydrogen (secondary N) is 1. The third-order valence-electron chi connectivity index (χ3n) is 4.87. The Labute approximate surface area is 169 Å². The lowest BCUT2D eigenvalue weighted by Crippen LogP contribution is -2.46. The molecule has 7 heteroatoms. The van der Waals surface area contributed by atoms with Crippen LogP contribution in [-0.4, -0.2) is 53.5 Å². The zero-order valence-corrected chi connectivity index (χ0v) is 16.3. The number of hydrogen-bond acceptors (Lipinski definition) is 4. The van der Waals surface area contributed by atoms with Gasteiger partial charge in [0, 0.05) is 30.3 Å². The number of carboxylic acids is 1. The zero-order valence-electron chi connectivity index (χ0n) is 16.3. The Morgan fingerprint density at radius 3 is 2.41 bits per heavy atom. The van der Waals surface area contributed by atoms with E-state index in [0.717, 1.165) is 5.56 Å². The third kappa shape index (κ3) is 5.57. The first-order valence-electron chi connectivity index (χ1n) is 9.54. The van der Waals surface area contributed by atoms with E-state index in [2.05, 4.69) is 5.32 Å². The minimum absolute atomic E-state index is 0.0121. The van der Waals surface area contributed by atoms with Crippen LogP contribution in [0.15, 0.2) is 48.5 Å². The van der Waals surface area contributed by atoms with Crippen LogP contribution in [0.2, 0.25) is 0 Å². The number of amides is 2. The summed E-state index contributed by atoms with van der Waals surface area (Å²) in [7, 11) is 0. The van der Waals surface area contributed by atoms with Gasteiger partial charge in [0.1, 0.15) is 5.75 Å². The zero-order chi connectivity index (χ0) is 20.8. The number of carbonyl (C=O) groups excluding carboxylic acids is 2. The molecule has 3 rings (SSSR count). The molecule has 0 saturated carbocycles. The van der Waals surface area contributed by atoms with Crippen LogP contribution in [0.4, 0.5) is 0 Å². The van der Waals surface area contributed by atoms with Gasteiger partial charge in [-0.25, -0.2) is 4.79 Å². The Morgan fingerprint density at radius 1 is 1.07 bits per heavy atom. The Kier molecular flexibility index (Phi) is 6.49. The van der Waals surface area contributed by atoms with Gasteiger partial charge in [0.05, 0.1) is 0 Å². The third-order valence-corrected chi connectivity index (χ3v) is 4.87. The standard InChI is InChI=1S/C22H24N2O5/c1-15-5-7-16(8-6-15)22(28)24-11-9-18(10-12-24)23-21(27)17-3-2-4-19(13-17)29-14-20(25)26/h2-8,13,18H,9-12,14H2,1H3,(H,23,27)(H,25,26). The molecule has 0 radical (unpaired) electrons. The van der Waals surface area contributed by atoms with Crippen molar-refractivity contribution in [3.8, 4) is 5.75 Å². The van der Waals surface area contributed by atoms with Crippen molar-refractivity contribution >= 4 is 17.8 Å². The van der Waals surface area contributed by atoms with Crippen LogP contribution < -0.4 is 10.1 Å². The van der Waals surface area contributed by atoms with Crippen LogP contribution in [0, 0.1) is 6.92 Å². The molecule has 1 aliphatic rings. The normalized spacial score (nSPS) is 14.3. The van der Waals surface area contributed by atoms with Crippen LogP contribution >= 0.6 is 0 Å². The monoisotopic (exact) mass is 396 g/mol. The van der Waals surface area contributed by atoms with Crippen LogP contribution in [0.1, 0.15) is 39.1 Å². The molecule has 1 saturated heterocycles. The number of rotatable bonds is 6. The van der Waals surface area contributed by atoms with E-state index in [-0.39, 0.29) is 17.9 Å². The molecular weight excluding hydrogens is 372 g/mol. The number of ether oxygens (including phenoxy) is 1. The lowest BCUT2D eigenvalue weighted by Gasteiger charge is -2.32. The van der Waals surface area contributed by atoms with Gasteiger partial charge >= 0.3 is 5.97 Å². The average molecular weight is 396 g/mol. The highest BCUT2D eigenvalue weighted by Gasteiger charge is 2.25. The molecule has 29 heavy (non-hydrogen) atoms. The van der Waals surface area contributed by atoms with E-state index in [4.69, 9.17) is 9.84 Å². The predicted octanol–water partition coefficient (Wildman–Crippen LogP) is 2.49. The van der Waals surface area contributed by atoms with Crippen molar-refractivity contribution in [3.05, 3.63) is 65.2 Å². The fourth-order valence-corrected chi connectivity index (χ4v) is 3.25. The highest BCUT2D eigenvalue weighted by Crippen LogP contribution is 2.17. The van der Waals surface area contributed by atoms with Gasteiger partial charge in [0.25, 0.3) is 11.8 Å². The molecule has 0 aliphatic carbocycles. The van der Waals surface area contributed by atoms with E-state index < -0.39 is 12.6 Å². The number of carbonyl (C=O) groups is 3. The summed E-state index contributed by atoms with van der Waals surface area (Å²) < 4.78 is 5.11. The molecule has 2 aromatic rings. The van der Waals surface area contributed by atoms with Crippen molar-refractivity contribution in [1.82, 2.24) is 10.2 Å². The fourth-order valence-electron chi connectivity index (χ4n) is 3.25. The van der Waals surface area contributed by atoms with Crippen LogP contribution in [0.25, 0.3) is 0 Å². The Balaban J connectivity index is 1.52. The topological polar surface area (TPSA) is 95.9 Å². The van der Waals surface area contributed by atoms with Crippen LogP contribution in [-0.2, 0) is 4.79 Å². The van der Waals surface area contributed by atoms with Gasteiger partial charge in [-0.15, -0.1) is 0 Å². The molecule has 2 amide bonds. The SMILES string of the molecule is Cc1ccc(C(=O)N2CCC(NC(=O)c3cccc(OCC(=O)O)c3)CC2)cc1. The van der Waals surface area contributed by atoms with E-state index in [9.17, 15) is 14.4 Å². The highest BCUT2D eigenvalue weighted by molar-refractivity contribution is 5.95. The van der Waals surface area contributed by atoms with Crippen molar-refractivity contribution in [1.29, 1.82) is 0 Å². The first-order valence-corrected chi connectivity index (χ1v) is 9.54. The summed E-state index contributed by atoms with van der Waals surface area (Å²) in [4.78, 5) is 37.5. The number of aryl methyl sites for hydroxylation is 1. The molecule has 0 atom stereocenters. The molecule has 1 aliphatic heterocycles. The number of aliphatic carboxylic acids is 1. The molecule has 7 nitrogen and oxygen atoms in total. The molecule has 1 fully saturated rings. The highest BCUT2D eigenvalue weighted by atomic mass is 16.5. The van der Waals surface area contributed by atoms with Gasteiger partial charge in [-0.05, 0) is 50.1 Å². The summed E-state index contributed by atoms with van der Waals surface area (Å²) >= 11 is 0. The maximum Gasteiger partial charge on any atom is 0.341 e. The van der Waals surface area contributed by atoms with E-state index in [0.29, 0.717) is 42.8 Å². The van der Waals surface area contributed by atoms with Gasteiger partial charge in [0.15, 0.2) is 6.61 Å². The van der Waals surface area contributed by atoms with Gasteiger partial charge in [-0.1, -0.05) is 23.8 Å². The lowest BCUT2D eigenvalue weighted by molar-refractivity contribution is -0.139. The van der Waals surface area contributed by atoms with Gasteiger partial charge in [0.2, 0.25) is 0 Å². The summed E-state index contributed by atoms with van der Waals surface area (Å²) in [5.41, 5.74) is 2.20. The second-order valence-corrected chi connectivity index (χ2v) is 7.12. The Hall–Kier alpha value is -3.35. The largest absolute Gasteiger partial charge is 0.482 e. The number of piperidine rings is 1. The van der Waals surface area contributed by atoms with Crippen molar-refractivity contribution in [3.63, 3.8) is 0 Å². The summed E-state index contributed by atoms with van der Waals surface area (Å²) in [5.74, 6) is -0.975. The second-order valence-electron chi connectivity index (χ2n) is 7.12. The quantitative estimate of drug-likeness (QED) is 0.782. The summed E-state index contributed by atoms with van der Waals surface area (Å²) in [5, 5.41) is 11.7. The van der Waals surface area contributed by atoms with Gasteiger partial charge in [-0.3, -0.25) is 9.59 Å². The van der Waals surface area contributed by atoms with E-state index >= 15 is 0 Å². The number of nitrogens with zero attached hydrogens (tertiary/aromatic N) is 1. The van der Waals surface area contributed by atoms with Crippen LogP contribution in [0.5, 0.6) is 5.75 Å². The molecule has 0 aromatic heterocycles. The Bertz CT molecular complexity index is 886.